The van der Waals surface area contributed by atoms with E-state index in [2.05, 4.69) is 24.1 Å². The molecule has 7 heteroatoms. The fourth-order valence-electron chi connectivity index (χ4n) is 3.24. The van der Waals surface area contributed by atoms with Crippen LogP contribution in [0.4, 0.5) is 0 Å². The minimum absolute atomic E-state index is 0.177. The topological polar surface area (TPSA) is 84.2 Å². The molecule has 1 atom stereocenters. The number of nitrogens with one attached hydrogen (secondary N) is 1. The number of rotatable bonds is 12. The maximum atomic E-state index is 12.1. The maximum absolute atomic E-state index is 12.1. The SMILES string of the molecule is CCCCCC(=O)N[C@@H](Cc1cnc(CCC)n1Cc1ccccc1Cl)C(=O)O. The van der Waals surface area contributed by atoms with Crippen LogP contribution in [0.5, 0.6) is 0 Å². The molecule has 1 aromatic carbocycles. The van der Waals surface area contributed by atoms with Gasteiger partial charge in [0.2, 0.25) is 5.91 Å². The van der Waals surface area contributed by atoms with Crippen LogP contribution < -0.4 is 5.32 Å². The summed E-state index contributed by atoms with van der Waals surface area (Å²) >= 11 is 6.32. The summed E-state index contributed by atoms with van der Waals surface area (Å²) in [6.45, 7) is 4.65. The Morgan fingerprint density at radius 2 is 1.97 bits per heavy atom. The monoisotopic (exact) mass is 419 g/mol. The van der Waals surface area contributed by atoms with Crippen LogP contribution in [0.15, 0.2) is 30.5 Å². The van der Waals surface area contributed by atoms with E-state index >= 15 is 0 Å². The van der Waals surface area contributed by atoms with Gasteiger partial charge in [0.25, 0.3) is 0 Å². The minimum atomic E-state index is -1.05. The van der Waals surface area contributed by atoms with Gasteiger partial charge in [-0.3, -0.25) is 4.79 Å². The number of aliphatic carboxylic acids is 1. The smallest absolute Gasteiger partial charge is 0.326 e. The Kier molecular flexibility index (Phi) is 9.19. The molecule has 0 radical (unpaired) electrons. The maximum Gasteiger partial charge on any atom is 0.326 e. The molecule has 29 heavy (non-hydrogen) atoms. The summed E-state index contributed by atoms with van der Waals surface area (Å²) in [4.78, 5) is 28.4. The lowest BCUT2D eigenvalue weighted by Crippen LogP contribution is -2.42. The number of nitrogens with zero attached hydrogens (tertiary/aromatic N) is 2. The van der Waals surface area contributed by atoms with E-state index in [0.29, 0.717) is 18.0 Å². The zero-order chi connectivity index (χ0) is 21.2. The zero-order valence-corrected chi connectivity index (χ0v) is 17.9. The minimum Gasteiger partial charge on any atom is -0.480 e. The molecule has 1 amide bonds. The molecule has 0 saturated heterocycles. The molecule has 0 aliphatic carbocycles. The summed E-state index contributed by atoms with van der Waals surface area (Å²) in [5, 5.41) is 12.9. The van der Waals surface area contributed by atoms with Crippen LogP contribution in [0.25, 0.3) is 0 Å². The van der Waals surface area contributed by atoms with Crippen molar-refractivity contribution in [2.75, 3.05) is 0 Å². The Hall–Kier alpha value is -2.34. The molecule has 2 aromatic rings. The molecule has 158 valence electrons. The Morgan fingerprint density at radius 1 is 1.21 bits per heavy atom. The van der Waals surface area contributed by atoms with E-state index in [0.717, 1.165) is 49.2 Å². The van der Waals surface area contributed by atoms with Crippen molar-refractivity contribution in [2.24, 2.45) is 0 Å². The third-order valence-corrected chi connectivity index (χ3v) is 5.20. The number of hydrogen-bond donors (Lipinski definition) is 2. The van der Waals surface area contributed by atoms with E-state index in [1.54, 1.807) is 6.20 Å². The molecular formula is C22H30ClN3O3. The van der Waals surface area contributed by atoms with Gasteiger partial charge in [-0.2, -0.15) is 0 Å². The number of unbranched alkanes of at least 4 members (excludes halogenated alkanes) is 2. The predicted octanol–water partition coefficient (Wildman–Crippen LogP) is 4.23. The predicted molar refractivity (Wildman–Crippen MR) is 114 cm³/mol. The number of hydrogen-bond acceptors (Lipinski definition) is 3. The summed E-state index contributed by atoms with van der Waals surface area (Å²) in [5.74, 6) is -0.381. The van der Waals surface area contributed by atoms with Gasteiger partial charge in [0.1, 0.15) is 11.9 Å². The number of benzene rings is 1. The lowest BCUT2D eigenvalue weighted by molar-refractivity contribution is -0.141. The summed E-state index contributed by atoms with van der Waals surface area (Å²) in [7, 11) is 0. The highest BCUT2D eigenvalue weighted by Gasteiger charge is 2.23. The quantitative estimate of drug-likeness (QED) is 0.504. The van der Waals surface area contributed by atoms with Crippen LogP contribution in [0, 0.1) is 0 Å². The van der Waals surface area contributed by atoms with Gasteiger partial charge in [0.15, 0.2) is 0 Å². The number of amides is 1. The molecule has 6 nitrogen and oxygen atoms in total. The van der Waals surface area contributed by atoms with Gasteiger partial charge >= 0.3 is 5.97 Å². The average molecular weight is 420 g/mol. The Bertz CT molecular complexity index is 819. The standard InChI is InChI=1S/C22H30ClN3O3/c1-3-5-6-12-21(27)25-19(22(28)29)13-17-14-24-20(9-4-2)26(17)15-16-10-7-8-11-18(16)23/h7-8,10-11,14,19H,3-6,9,12-13,15H2,1-2H3,(H,25,27)(H,28,29)/t19-/m0/s1. The summed E-state index contributed by atoms with van der Waals surface area (Å²) in [5.41, 5.74) is 1.72. The highest BCUT2D eigenvalue weighted by atomic mass is 35.5. The number of halogens is 1. The summed E-state index contributed by atoms with van der Waals surface area (Å²) in [6.07, 6.45) is 6.67. The highest BCUT2D eigenvalue weighted by Crippen LogP contribution is 2.20. The molecule has 0 aliphatic rings. The molecule has 2 N–H and O–H groups in total. The Labute approximate surface area is 177 Å². The number of aryl methyl sites for hydroxylation is 1. The summed E-state index contributed by atoms with van der Waals surface area (Å²) in [6, 6.07) is 6.60. The van der Waals surface area contributed by atoms with Crippen LogP contribution in [0.2, 0.25) is 5.02 Å². The van der Waals surface area contributed by atoms with Crippen molar-refractivity contribution in [1.82, 2.24) is 14.9 Å². The van der Waals surface area contributed by atoms with E-state index in [4.69, 9.17) is 11.6 Å². The van der Waals surface area contributed by atoms with E-state index in [1.807, 2.05) is 28.8 Å². The van der Waals surface area contributed by atoms with Crippen LogP contribution in [-0.2, 0) is 29.0 Å². The largest absolute Gasteiger partial charge is 0.480 e. The number of aromatic nitrogens is 2. The molecule has 0 aliphatic heterocycles. The Balaban J connectivity index is 2.19. The van der Waals surface area contributed by atoms with Crippen molar-refractivity contribution in [3.05, 3.63) is 52.6 Å². The number of carboxylic acid groups (broad SMARTS) is 1. The van der Waals surface area contributed by atoms with Crippen LogP contribution in [0.1, 0.15) is 63.0 Å². The molecular weight excluding hydrogens is 390 g/mol. The van der Waals surface area contributed by atoms with Crippen LogP contribution in [0.3, 0.4) is 0 Å². The van der Waals surface area contributed by atoms with Gasteiger partial charge in [-0.05, 0) is 24.5 Å². The first-order chi connectivity index (χ1) is 14.0. The highest BCUT2D eigenvalue weighted by molar-refractivity contribution is 6.31. The van der Waals surface area contributed by atoms with E-state index < -0.39 is 12.0 Å². The van der Waals surface area contributed by atoms with Gasteiger partial charge in [-0.15, -0.1) is 0 Å². The average Bonchev–Trinajstić information content (AvgIpc) is 3.05. The number of carbonyl (C=O) groups excluding carboxylic acids is 1. The molecule has 0 fully saturated rings. The number of imidazole rings is 1. The Morgan fingerprint density at radius 3 is 2.62 bits per heavy atom. The first-order valence-corrected chi connectivity index (χ1v) is 10.6. The molecule has 1 aromatic heterocycles. The second-order valence-electron chi connectivity index (χ2n) is 7.21. The van der Waals surface area contributed by atoms with E-state index in [-0.39, 0.29) is 12.3 Å². The molecule has 0 saturated carbocycles. The second kappa shape index (κ2) is 11.6. The molecule has 2 rings (SSSR count). The van der Waals surface area contributed by atoms with Crippen LogP contribution >= 0.6 is 11.6 Å². The van der Waals surface area contributed by atoms with Gasteiger partial charge < -0.3 is 15.0 Å². The fraction of sp³-hybridized carbons (Fsp3) is 0.500. The van der Waals surface area contributed by atoms with Crippen molar-refractivity contribution in [1.29, 1.82) is 0 Å². The van der Waals surface area contributed by atoms with Gasteiger partial charge in [0, 0.05) is 36.2 Å². The first-order valence-electron chi connectivity index (χ1n) is 10.2. The molecule has 0 spiro atoms. The van der Waals surface area contributed by atoms with E-state index in [9.17, 15) is 14.7 Å². The summed E-state index contributed by atoms with van der Waals surface area (Å²) < 4.78 is 2.02. The lowest BCUT2D eigenvalue weighted by atomic mass is 10.1. The molecule has 0 bridgehead atoms. The van der Waals surface area contributed by atoms with Crippen molar-refractivity contribution in [3.8, 4) is 0 Å². The first kappa shape index (κ1) is 22.9. The molecule has 0 unspecified atom stereocenters. The lowest BCUT2D eigenvalue weighted by Gasteiger charge is -2.17. The third kappa shape index (κ3) is 6.89. The van der Waals surface area contributed by atoms with Crippen LogP contribution in [-0.4, -0.2) is 32.6 Å². The van der Waals surface area contributed by atoms with Gasteiger partial charge in [-0.1, -0.05) is 56.5 Å². The normalized spacial score (nSPS) is 12.0. The second-order valence-corrected chi connectivity index (χ2v) is 7.62. The van der Waals surface area contributed by atoms with Gasteiger partial charge in [0.05, 0.1) is 6.54 Å². The van der Waals surface area contributed by atoms with Gasteiger partial charge in [-0.25, -0.2) is 9.78 Å². The van der Waals surface area contributed by atoms with Crippen molar-refractivity contribution in [2.45, 2.75) is 71.4 Å². The van der Waals surface area contributed by atoms with Crippen molar-refractivity contribution in [3.63, 3.8) is 0 Å². The number of carboxylic acids is 1. The molecule has 1 heterocycles. The van der Waals surface area contributed by atoms with Crippen molar-refractivity contribution < 1.29 is 14.7 Å². The van der Waals surface area contributed by atoms with E-state index in [1.165, 1.54) is 0 Å². The van der Waals surface area contributed by atoms with Crippen molar-refractivity contribution >= 4 is 23.5 Å². The fourth-order valence-corrected chi connectivity index (χ4v) is 3.44. The number of carbonyl (C=O) groups is 2. The zero-order valence-electron chi connectivity index (χ0n) is 17.2. The third-order valence-electron chi connectivity index (χ3n) is 4.83.